The summed E-state index contributed by atoms with van der Waals surface area (Å²) in [5, 5.41) is 0. The van der Waals surface area contributed by atoms with Crippen molar-refractivity contribution in [2.24, 2.45) is 5.73 Å². The Bertz CT molecular complexity index is 754. The van der Waals surface area contributed by atoms with Crippen molar-refractivity contribution < 1.29 is 9.53 Å². The molecule has 1 heterocycles. The van der Waals surface area contributed by atoms with Crippen LogP contribution in [0.25, 0.3) is 0 Å². The predicted molar refractivity (Wildman–Crippen MR) is 89.9 cm³/mol. The van der Waals surface area contributed by atoms with Crippen LogP contribution in [0.5, 0.6) is 6.01 Å². The van der Waals surface area contributed by atoms with Gasteiger partial charge in [0.25, 0.3) is 0 Å². The van der Waals surface area contributed by atoms with Gasteiger partial charge in [0.05, 0.1) is 12.0 Å². The van der Waals surface area contributed by atoms with Crippen molar-refractivity contribution in [1.82, 2.24) is 9.97 Å². The maximum Gasteiger partial charge on any atom is 0.316 e. The molecule has 24 heavy (non-hydrogen) atoms. The number of aromatic nitrogens is 2. The van der Waals surface area contributed by atoms with Gasteiger partial charge < -0.3 is 10.5 Å². The Kier molecular flexibility index (Phi) is 5.07. The number of benzene rings is 1. The smallest absolute Gasteiger partial charge is 0.316 e. The maximum absolute atomic E-state index is 10.7. The molecule has 0 bridgehead atoms. The van der Waals surface area contributed by atoms with Gasteiger partial charge in [-0.15, -0.1) is 0 Å². The number of primary amides is 1. The van der Waals surface area contributed by atoms with Gasteiger partial charge in [-0.05, 0) is 43.4 Å². The Morgan fingerprint density at radius 1 is 1.17 bits per heavy atom. The SMILES string of the molecule is NC(=O)[CH]Cc1ccc(C#Cc2cnc(OC3CCC3)nc2)cc1. The number of amides is 1. The molecule has 121 valence electrons. The van der Waals surface area contributed by atoms with Gasteiger partial charge in [0.2, 0.25) is 5.91 Å². The molecule has 0 aliphatic heterocycles. The molecule has 1 aliphatic rings. The summed E-state index contributed by atoms with van der Waals surface area (Å²) >= 11 is 0. The van der Waals surface area contributed by atoms with Crippen LogP contribution in [0.3, 0.4) is 0 Å². The predicted octanol–water partition coefficient (Wildman–Crippen LogP) is 2.04. The van der Waals surface area contributed by atoms with Crippen molar-refractivity contribution in [3.63, 3.8) is 0 Å². The van der Waals surface area contributed by atoms with Crippen molar-refractivity contribution in [1.29, 1.82) is 0 Å². The lowest BCUT2D eigenvalue weighted by Crippen LogP contribution is -2.25. The highest BCUT2D eigenvalue weighted by atomic mass is 16.5. The van der Waals surface area contributed by atoms with E-state index in [4.69, 9.17) is 10.5 Å². The van der Waals surface area contributed by atoms with E-state index in [2.05, 4.69) is 21.8 Å². The molecule has 5 nitrogen and oxygen atoms in total. The lowest BCUT2D eigenvalue weighted by atomic mass is 9.96. The highest BCUT2D eigenvalue weighted by molar-refractivity contribution is 5.83. The average molecular weight is 320 g/mol. The fourth-order valence-corrected chi connectivity index (χ4v) is 2.17. The third-order valence-electron chi connectivity index (χ3n) is 3.80. The third-order valence-corrected chi connectivity index (χ3v) is 3.80. The third kappa shape index (κ3) is 4.56. The van der Waals surface area contributed by atoms with Crippen LogP contribution >= 0.6 is 0 Å². The molecule has 1 radical (unpaired) electrons. The summed E-state index contributed by atoms with van der Waals surface area (Å²) < 4.78 is 5.61. The number of nitrogens with zero attached hydrogens (tertiary/aromatic N) is 2. The number of hydrogen-bond donors (Lipinski definition) is 1. The number of carbonyl (C=O) groups excluding carboxylic acids is 1. The molecule has 1 amide bonds. The van der Waals surface area contributed by atoms with Crippen LogP contribution in [-0.4, -0.2) is 22.0 Å². The van der Waals surface area contributed by atoms with E-state index in [9.17, 15) is 4.79 Å². The molecule has 1 fully saturated rings. The summed E-state index contributed by atoms with van der Waals surface area (Å²) in [7, 11) is 0. The zero-order valence-corrected chi connectivity index (χ0v) is 13.2. The van der Waals surface area contributed by atoms with Crippen molar-refractivity contribution in [2.75, 3.05) is 0 Å². The molecule has 5 heteroatoms. The van der Waals surface area contributed by atoms with Crippen LogP contribution in [0.2, 0.25) is 0 Å². The van der Waals surface area contributed by atoms with E-state index in [0.29, 0.717) is 12.4 Å². The summed E-state index contributed by atoms with van der Waals surface area (Å²) in [6.45, 7) is 0. The van der Waals surface area contributed by atoms with E-state index < -0.39 is 5.91 Å². The maximum atomic E-state index is 10.7. The molecule has 0 saturated heterocycles. The van der Waals surface area contributed by atoms with Crippen LogP contribution < -0.4 is 10.5 Å². The zero-order chi connectivity index (χ0) is 16.8. The number of nitrogens with two attached hydrogens (primary N) is 1. The molecular weight excluding hydrogens is 302 g/mol. The van der Waals surface area contributed by atoms with Crippen LogP contribution in [0.15, 0.2) is 36.7 Å². The quantitative estimate of drug-likeness (QED) is 0.855. The minimum absolute atomic E-state index is 0.271. The largest absolute Gasteiger partial charge is 0.460 e. The topological polar surface area (TPSA) is 78.1 Å². The Labute approximate surface area is 141 Å². The van der Waals surface area contributed by atoms with Gasteiger partial charge in [-0.1, -0.05) is 24.0 Å². The first-order valence-corrected chi connectivity index (χ1v) is 7.91. The Morgan fingerprint density at radius 2 is 1.83 bits per heavy atom. The monoisotopic (exact) mass is 320 g/mol. The highest BCUT2D eigenvalue weighted by Crippen LogP contribution is 2.22. The molecule has 2 N–H and O–H groups in total. The summed E-state index contributed by atoms with van der Waals surface area (Å²) in [5.41, 5.74) is 7.73. The summed E-state index contributed by atoms with van der Waals surface area (Å²) in [6, 6.07) is 8.09. The first kappa shape index (κ1) is 16.0. The van der Waals surface area contributed by atoms with E-state index in [-0.39, 0.29) is 6.10 Å². The van der Waals surface area contributed by atoms with Gasteiger partial charge >= 0.3 is 6.01 Å². The van der Waals surface area contributed by atoms with Gasteiger partial charge in [0.15, 0.2) is 0 Å². The van der Waals surface area contributed by atoms with Crippen LogP contribution in [-0.2, 0) is 11.2 Å². The van der Waals surface area contributed by atoms with E-state index in [1.165, 1.54) is 12.8 Å². The van der Waals surface area contributed by atoms with Gasteiger partial charge in [-0.2, -0.15) is 0 Å². The number of ether oxygens (including phenoxy) is 1. The van der Waals surface area contributed by atoms with E-state index >= 15 is 0 Å². The summed E-state index contributed by atoms with van der Waals surface area (Å²) in [5.74, 6) is 5.68. The number of carbonyl (C=O) groups is 1. The Morgan fingerprint density at radius 3 is 2.42 bits per heavy atom. The summed E-state index contributed by atoms with van der Waals surface area (Å²) in [6.07, 6.45) is 8.97. The lowest BCUT2D eigenvalue weighted by Gasteiger charge is -2.24. The first-order chi connectivity index (χ1) is 11.7. The van der Waals surface area contributed by atoms with Crippen LogP contribution in [0.1, 0.15) is 36.0 Å². The molecule has 0 atom stereocenters. The second kappa shape index (κ2) is 7.60. The average Bonchev–Trinajstić information content (AvgIpc) is 2.56. The minimum atomic E-state index is -0.413. The first-order valence-electron chi connectivity index (χ1n) is 7.91. The molecule has 1 aromatic carbocycles. The number of hydrogen-bond acceptors (Lipinski definition) is 4. The second-order valence-corrected chi connectivity index (χ2v) is 5.68. The van der Waals surface area contributed by atoms with E-state index in [0.717, 1.165) is 29.5 Å². The molecule has 3 rings (SSSR count). The van der Waals surface area contributed by atoms with Crippen LogP contribution in [0, 0.1) is 18.3 Å². The molecule has 0 spiro atoms. The van der Waals surface area contributed by atoms with Gasteiger partial charge in [-0.3, -0.25) is 4.79 Å². The van der Waals surface area contributed by atoms with E-state index in [1.54, 1.807) is 12.4 Å². The van der Waals surface area contributed by atoms with Crippen molar-refractivity contribution in [2.45, 2.75) is 31.8 Å². The Balaban J connectivity index is 1.58. The summed E-state index contributed by atoms with van der Waals surface area (Å²) in [4.78, 5) is 19.1. The lowest BCUT2D eigenvalue weighted by molar-refractivity contribution is -0.115. The molecule has 1 saturated carbocycles. The van der Waals surface area contributed by atoms with Gasteiger partial charge in [0, 0.05) is 18.0 Å². The number of rotatable bonds is 5. The molecule has 1 aromatic heterocycles. The fraction of sp³-hybridized carbons (Fsp3) is 0.263. The second-order valence-electron chi connectivity index (χ2n) is 5.68. The molecule has 2 aromatic rings. The van der Waals surface area contributed by atoms with Gasteiger partial charge in [0.1, 0.15) is 6.10 Å². The molecule has 0 unspecified atom stereocenters. The molecular formula is C19H18N3O2. The zero-order valence-electron chi connectivity index (χ0n) is 13.2. The van der Waals surface area contributed by atoms with Gasteiger partial charge in [-0.25, -0.2) is 9.97 Å². The van der Waals surface area contributed by atoms with Crippen molar-refractivity contribution >= 4 is 5.91 Å². The van der Waals surface area contributed by atoms with Crippen molar-refractivity contribution in [3.05, 3.63) is 59.8 Å². The highest BCUT2D eigenvalue weighted by Gasteiger charge is 2.19. The Hall–Kier alpha value is -2.87. The van der Waals surface area contributed by atoms with E-state index in [1.807, 2.05) is 24.3 Å². The molecule has 1 aliphatic carbocycles. The standard InChI is InChI=1S/C19H18N3O2/c20-18(23)11-10-15-6-4-14(5-7-15)8-9-16-12-21-19(22-13-16)24-17-2-1-3-17/h4-7,11-13,17H,1-3,10H2,(H2,20,23). The normalized spacial score (nSPS) is 13.5. The minimum Gasteiger partial charge on any atom is -0.460 e. The fourth-order valence-electron chi connectivity index (χ4n) is 2.17. The van der Waals surface area contributed by atoms with Crippen LogP contribution in [0.4, 0.5) is 0 Å². The van der Waals surface area contributed by atoms with Crippen molar-refractivity contribution in [3.8, 4) is 17.9 Å².